The minimum absolute atomic E-state index is 0. The summed E-state index contributed by atoms with van der Waals surface area (Å²) in [6.45, 7) is -0.0960. The first-order valence-corrected chi connectivity index (χ1v) is 19.4. The molecule has 0 radical (unpaired) electrons. The number of anilines is 3. The number of thioether (sulfide) groups is 2. The van der Waals surface area contributed by atoms with E-state index >= 15 is 0 Å². The fourth-order valence-corrected chi connectivity index (χ4v) is 8.28. The number of aliphatic carboxylic acids is 1. The van der Waals surface area contributed by atoms with Crippen molar-refractivity contribution in [3.8, 4) is 5.75 Å². The van der Waals surface area contributed by atoms with Crippen LogP contribution in [0.2, 0.25) is 0 Å². The molecule has 4 amide bonds. The normalized spacial score (nSPS) is 16.8. The van der Waals surface area contributed by atoms with E-state index in [1.54, 1.807) is 0 Å². The van der Waals surface area contributed by atoms with Gasteiger partial charge in [0.05, 0.1) is 35.9 Å². The van der Waals surface area contributed by atoms with Crippen molar-refractivity contribution in [2.24, 2.45) is 5.14 Å². The van der Waals surface area contributed by atoms with Crippen LogP contribution in [-0.4, -0.2) is 107 Å². The number of nitrogens with zero attached hydrogens (tertiary/aromatic N) is 6. The van der Waals surface area contributed by atoms with Crippen LogP contribution < -0.4 is 66.6 Å². The number of carbonyl (C=O) groups is 4. The first-order chi connectivity index (χ1) is 26.2. The van der Waals surface area contributed by atoms with Crippen LogP contribution in [0.15, 0.2) is 80.8 Å². The maximum absolute atomic E-state index is 13.7. The van der Waals surface area contributed by atoms with Crippen molar-refractivity contribution in [2.75, 3.05) is 28.7 Å². The topological polar surface area (TPSA) is 333 Å². The van der Waals surface area contributed by atoms with Gasteiger partial charge in [0, 0.05) is 17.2 Å². The number of H-pyrrole nitrogens is 1. The van der Waals surface area contributed by atoms with Crippen molar-refractivity contribution in [3.63, 3.8) is 0 Å². The number of phenolic OH excluding ortho intramolecular Hbond substituents is 1. The molecule has 2 aliphatic rings. The summed E-state index contributed by atoms with van der Waals surface area (Å²) >= 11 is 2.30. The summed E-state index contributed by atoms with van der Waals surface area (Å²) in [4.78, 5) is 72.5. The van der Waals surface area contributed by atoms with E-state index < -0.39 is 56.9 Å². The van der Waals surface area contributed by atoms with E-state index in [2.05, 4.69) is 46.8 Å². The average Bonchev–Trinajstić information content (AvgIpc) is 3.59. The van der Waals surface area contributed by atoms with Crippen LogP contribution in [-0.2, 0) is 31.0 Å². The van der Waals surface area contributed by atoms with Crippen LogP contribution in [0.3, 0.4) is 0 Å². The Bertz CT molecular complexity index is 2340. The van der Waals surface area contributed by atoms with Crippen LogP contribution in [0.5, 0.6) is 5.75 Å². The molecule has 56 heavy (non-hydrogen) atoms. The number of benzene rings is 2. The number of rotatable bonds is 14. The molecule has 2 unspecified atom stereocenters. The number of aromatic amines is 1. The molecule has 1 saturated heterocycles. The number of sulfonamides is 1. The summed E-state index contributed by atoms with van der Waals surface area (Å²) in [7, 11) is -3.91. The SMILES string of the molecule is NS(=O)(=O)c1ccc(Nc2ncc(NC(=O)NC(C(=O)NC3C(=O)N4C(C(=O)[O-])=C(CSc5nnnn5CCO)CS[C@@H]34)c3ccc(O)cc3)c(=O)[nH]2)cc1.[Na+]. The van der Waals surface area contributed by atoms with Crippen molar-refractivity contribution in [3.05, 3.63) is 81.9 Å². The fraction of sp³-hybridized carbons (Fsp3) is 0.233. The molecule has 9 N–H and O–H groups in total. The molecule has 2 aromatic heterocycles. The number of hydrogen-bond donors (Lipinski definition) is 8. The number of nitrogens with two attached hydrogens (primary N) is 1. The zero-order valence-electron chi connectivity index (χ0n) is 28.9. The van der Waals surface area contributed by atoms with E-state index in [1.807, 2.05) is 0 Å². The van der Waals surface area contributed by atoms with Gasteiger partial charge < -0.3 is 41.4 Å². The number of aromatic nitrogens is 6. The number of hydrogen-bond acceptors (Lipinski definition) is 17. The molecule has 6 rings (SSSR count). The largest absolute Gasteiger partial charge is 1.00 e. The number of tetrazole rings is 1. The van der Waals surface area contributed by atoms with Crippen LogP contribution in [0.1, 0.15) is 11.6 Å². The van der Waals surface area contributed by atoms with Gasteiger partial charge in [-0.15, -0.1) is 16.9 Å². The quantitative estimate of drug-likeness (QED) is 0.0335. The maximum atomic E-state index is 13.7. The molecule has 0 spiro atoms. The summed E-state index contributed by atoms with van der Waals surface area (Å²) in [6, 6.07) is 6.83. The number of fused-ring (bicyclic) bond motifs is 1. The number of phenols is 1. The van der Waals surface area contributed by atoms with Gasteiger partial charge in [-0.05, 0) is 58.0 Å². The number of primary sulfonamides is 1. The molecule has 2 aliphatic heterocycles. The number of aliphatic hydroxyl groups excluding tert-OH is 1. The third-order valence-electron chi connectivity index (χ3n) is 7.98. The molecular formula is C30H29N12NaO10S3. The van der Waals surface area contributed by atoms with Gasteiger partial charge in [0.1, 0.15) is 28.9 Å². The summed E-state index contributed by atoms with van der Waals surface area (Å²) in [5.41, 5.74) is -0.565. The third kappa shape index (κ3) is 9.49. The summed E-state index contributed by atoms with van der Waals surface area (Å²) in [5.74, 6) is -3.14. The van der Waals surface area contributed by atoms with E-state index in [1.165, 1.54) is 65.0 Å². The average molecular weight is 837 g/mol. The molecule has 0 saturated carbocycles. The minimum atomic E-state index is -3.91. The van der Waals surface area contributed by atoms with Crippen molar-refractivity contribution in [1.29, 1.82) is 0 Å². The van der Waals surface area contributed by atoms with Gasteiger partial charge in [-0.1, -0.05) is 23.9 Å². The van der Waals surface area contributed by atoms with E-state index in [0.29, 0.717) is 16.4 Å². The van der Waals surface area contributed by atoms with Crippen LogP contribution in [0.25, 0.3) is 0 Å². The zero-order chi connectivity index (χ0) is 39.4. The zero-order valence-corrected chi connectivity index (χ0v) is 33.4. The van der Waals surface area contributed by atoms with Gasteiger partial charge >= 0.3 is 35.6 Å². The second kappa shape index (κ2) is 17.8. The molecule has 4 heterocycles. The van der Waals surface area contributed by atoms with Gasteiger partial charge in [-0.2, -0.15) is 0 Å². The standard InChI is InChI=1S/C30H30N12O10S3.Na/c31-55(51,52)18-7-3-16(4-8-18)33-28-32-11-19(23(45)37-28)34-29(50)36-20(14-1-5-17(44)6-2-14)24(46)35-21-25(47)42-22(27(48)49)15(12-53-26(21)42)13-54-30-38-39-40-41(30)9-10-43;/h1-8,11,20-21,26,43-44H,9-10,12-13H2,(H,35,46)(H,48,49)(H2,31,51,52)(H2,34,36,50)(H2,32,33,37,45);/q;+1/p-1/t20?,21?,26-;/m0./s1. The second-order valence-electron chi connectivity index (χ2n) is 11.6. The Balaban J connectivity index is 0.00000600. The predicted octanol–water partition coefficient (Wildman–Crippen LogP) is -5.09. The van der Waals surface area contributed by atoms with Crippen molar-refractivity contribution in [2.45, 2.75) is 34.1 Å². The number of carboxylic acids is 1. The minimum Gasteiger partial charge on any atom is -0.543 e. The number of urea groups is 1. The van der Waals surface area contributed by atoms with E-state index in [0.717, 1.165) is 22.9 Å². The third-order valence-corrected chi connectivity index (χ3v) is 11.3. The molecule has 3 atom stereocenters. The van der Waals surface area contributed by atoms with E-state index in [4.69, 9.17) is 5.14 Å². The fourth-order valence-electron chi connectivity index (χ4n) is 5.37. The number of carbonyl (C=O) groups excluding carboxylic acids is 4. The first kappa shape index (κ1) is 42.1. The molecule has 4 aromatic rings. The maximum Gasteiger partial charge on any atom is 1.00 e. The number of nitrogens with one attached hydrogen (secondary N) is 5. The van der Waals surface area contributed by atoms with Crippen LogP contribution >= 0.6 is 23.5 Å². The number of β-lactam (4-membered cyclic amide) rings is 1. The molecule has 1 fully saturated rings. The van der Waals surface area contributed by atoms with Crippen LogP contribution in [0.4, 0.5) is 22.1 Å². The monoisotopic (exact) mass is 836 g/mol. The molecule has 26 heteroatoms. The summed E-state index contributed by atoms with van der Waals surface area (Å²) in [5, 5.41) is 57.1. The summed E-state index contributed by atoms with van der Waals surface area (Å²) in [6.07, 6.45) is 1.03. The number of aliphatic hydroxyl groups is 1. The van der Waals surface area contributed by atoms with Crippen molar-refractivity contribution >= 4 is 74.7 Å². The Kier molecular flexibility index (Phi) is 13.4. The summed E-state index contributed by atoms with van der Waals surface area (Å²) < 4.78 is 24.3. The number of aromatic hydroxyl groups is 1. The number of amides is 4. The van der Waals surface area contributed by atoms with Gasteiger partial charge in [0.25, 0.3) is 11.5 Å². The first-order valence-electron chi connectivity index (χ1n) is 15.8. The van der Waals surface area contributed by atoms with Crippen molar-refractivity contribution in [1.82, 2.24) is 45.7 Å². The Labute approximate surface area is 346 Å². The molecular weight excluding hydrogens is 808 g/mol. The smallest absolute Gasteiger partial charge is 0.543 e. The molecule has 288 valence electrons. The Morgan fingerprint density at radius 2 is 1.84 bits per heavy atom. The predicted molar refractivity (Wildman–Crippen MR) is 192 cm³/mol. The molecule has 0 aliphatic carbocycles. The van der Waals surface area contributed by atoms with Gasteiger partial charge in [0.15, 0.2) is 0 Å². The van der Waals surface area contributed by atoms with Crippen molar-refractivity contribution < 1.29 is 72.5 Å². The molecule has 22 nitrogen and oxygen atoms in total. The van der Waals surface area contributed by atoms with Gasteiger partial charge in [0.2, 0.25) is 27.0 Å². The molecule has 0 bridgehead atoms. The second-order valence-corrected chi connectivity index (χ2v) is 15.2. The Hall–Kier alpha value is -5.02. The van der Waals surface area contributed by atoms with E-state index in [9.17, 15) is 47.7 Å². The van der Waals surface area contributed by atoms with Gasteiger partial charge in [-0.3, -0.25) is 24.3 Å². The van der Waals surface area contributed by atoms with E-state index in [-0.39, 0.29) is 87.8 Å². The van der Waals surface area contributed by atoms with Crippen LogP contribution in [0, 0.1) is 0 Å². The number of carboxylic acid groups (broad SMARTS) is 1. The van der Waals surface area contributed by atoms with Gasteiger partial charge in [-0.25, -0.2) is 28.0 Å². The molecule has 2 aromatic carbocycles. The Morgan fingerprint density at radius 1 is 1.12 bits per heavy atom. The Morgan fingerprint density at radius 3 is 2.48 bits per heavy atom.